The Morgan fingerprint density at radius 3 is 2.83 bits per heavy atom. The number of nitrogens with one attached hydrogen (secondary N) is 1. The summed E-state index contributed by atoms with van der Waals surface area (Å²) in [5.74, 6) is 2.40. The Labute approximate surface area is 141 Å². The van der Waals surface area contributed by atoms with Crippen molar-refractivity contribution in [1.82, 2.24) is 19.9 Å². The first-order chi connectivity index (χ1) is 11.7. The third-order valence-corrected chi connectivity index (χ3v) is 3.87. The molecule has 3 rings (SSSR count). The minimum absolute atomic E-state index is 0.0694. The molecule has 1 N–H and O–H groups in total. The molecule has 0 aliphatic carbocycles. The summed E-state index contributed by atoms with van der Waals surface area (Å²) >= 11 is 0. The molecule has 2 aromatic heterocycles. The van der Waals surface area contributed by atoms with E-state index in [0.717, 1.165) is 28.5 Å². The van der Waals surface area contributed by atoms with Crippen LogP contribution in [0.4, 0.5) is 0 Å². The molecular formula is C18H22N4O2. The third-order valence-electron chi connectivity index (χ3n) is 3.87. The molecule has 6 nitrogen and oxygen atoms in total. The molecule has 0 radical (unpaired) electrons. The zero-order valence-corrected chi connectivity index (χ0v) is 14.2. The summed E-state index contributed by atoms with van der Waals surface area (Å²) in [6, 6.07) is 11.9. The van der Waals surface area contributed by atoms with Gasteiger partial charge in [-0.05, 0) is 43.7 Å². The highest BCUT2D eigenvalue weighted by atomic mass is 16.5. The first-order valence-electron chi connectivity index (χ1n) is 8.05. The maximum absolute atomic E-state index is 5.55. The number of methoxy groups -OCH3 is 1. The van der Waals surface area contributed by atoms with Gasteiger partial charge in [0.25, 0.3) is 0 Å². The molecule has 0 aliphatic rings. The van der Waals surface area contributed by atoms with Crippen LogP contribution in [0.1, 0.15) is 31.3 Å². The second-order valence-electron chi connectivity index (χ2n) is 5.51. The smallest absolute Gasteiger partial charge is 0.161 e. The summed E-state index contributed by atoms with van der Waals surface area (Å²) < 4.78 is 12.9. The number of rotatable bonds is 7. The fraction of sp³-hybridized carbons (Fsp3) is 0.333. The van der Waals surface area contributed by atoms with Gasteiger partial charge < -0.3 is 14.8 Å². The van der Waals surface area contributed by atoms with E-state index in [1.807, 2.05) is 53.9 Å². The molecule has 0 aliphatic heterocycles. The third kappa shape index (κ3) is 3.33. The maximum atomic E-state index is 5.55. The fourth-order valence-electron chi connectivity index (χ4n) is 2.61. The standard InChI is InChI=1S/C18H22N4O2/c1-4-24-15-9-8-14(11-16(15)23-3)12-19-13(2)18-21-20-17-7-5-6-10-22(17)18/h5-11,13,19H,4,12H2,1-3H3/t13-/m1/s1. The van der Waals surface area contributed by atoms with E-state index in [2.05, 4.69) is 22.4 Å². The van der Waals surface area contributed by atoms with Crippen LogP contribution in [0.15, 0.2) is 42.6 Å². The Morgan fingerprint density at radius 2 is 2.04 bits per heavy atom. The van der Waals surface area contributed by atoms with Crippen molar-refractivity contribution in [3.63, 3.8) is 0 Å². The van der Waals surface area contributed by atoms with Crippen molar-refractivity contribution in [3.05, 3.63) is 54.0 Å². The van der Waals surface area contributed by atoms with Crippen LogP contribution in [-0.2, 0) is 6.54 Å². The molecule has 126 valence electrons. The quantitative estimate of drug-likeness (QED) is 0.723. The second-order valence-corrected chi connectivity index (χ2v) is 5.51. The van der Waals surface area contributed by atoms with E-state index < -0.39 is 0 Å². The number of benzene rings is 1. The molecule has 0 amide bonds. The van der Waals surface area contributed by atoms with Crippen LogP contribution in [0.3, 0.4) is 0 Å². The van der Waals surface area contributed by atoms with Crippen LogP contribution >= 0.6 is 0 Å². The van der Waals surface area contributed by atoms with Gasteiger partial charge in [-0.15, -0.1) is 10.2 Å². The van der Waals surface area contributed by atoms with Crippen molar-refractivity contribution in [2.45, 2.75) is 26.4 Å². The molecule has 0 spiro atoms. The number of ether oxygens (including phenoxy) is 2. The van der Waals surface area contributed by atoms with E-state index in [4.69, 9.17) is 9.47 Å². The molecule has 2 heterocycles. The zero-order chi connectivity index (χ0) is 16.9. The lowest BCUT2D eigenvalue weighted by Crippen LogP contribution is -2.20. The normalized spacial score (nSPS) is 12.3. The summed E-state index contributed by atoms with van der Waals surface area (Å²) in [7, 11) is 1.65. The van der Waals surface area contributed by atoms with Crippen LogP contribution in [0, 0.1) is 0 Å². The van der Waals surface area contributed by atoms with E-state index >= 15 is 0 Å². The number of hydrogen-bond donors (Lipinski definition) is 1. The van der Waals surface area contributed by atoms with Gasteiger partial charge in [-0.3, -0.25) is 4.40 Å². The van der Waals surface area contributed by atoms with Gasteiger partial charge in [-0.25, -0.2) is 0 Å². The highest BCUT2D eigenvalue weighted by molar-refractivity contribution is 5.43. The van der Waals surface area contributed by atoms with Crippen molar-refractivity contribution in [2.75, 3.05) is 13.7 Å². The van der Waals surface area contributed by atoms with Crippen LogP contribution < -0.4 is 14.8 Å². The molecule has 0 saturated carbocycles. The monoisotopic (exact) mass is 326 g/mol. The van der Waals surface area contributed by atoms with Crippen LogP contribution in [0.25, 0.3) is 5.65 Å². The van der Waals surface area contributed by atoms with Crippen molar-refractivity contribution >= 4 is 5.65 Å². The largest absolute Gasteiger partial charge is 0.493 e. The van der Waals surface area contributed by atoms with Gasteiger partial charge in [0.2, 0.25) is 0 Å². The Balaban J connectivity index is 1.71. The van der Waals surface area contributed by atoms with Crippen molar-refractivity contribution in [3.8, 4) is 11.5 Å². The highest BCUT2D eigenvalue weighted by Gasteiger charge is 2.13. The Kier molecular flexibility index (Phi) is 4.96. The van der Waals surface area contributed by atoms with Crippen LogP contribution in [0.5, 0.6) is 11.5 Å². The topological polar surface area (TPSA) is 60.7 Å². The zero-order valence-electron chi connectivity index (χ0n) is 14.2. The first kappa shape index (κ1) is 16.3. The number of fused-ring (bicyclic) bond motifs is 1. The predicted octanol–water partition coefficient (Wildman–Crippen LogP) is 2.99. The van der Waals surface area contributed by atoms with Crippen LogP contribution in [0.2, 0.25) is 0 Å². The molecule has 1 aromatic carbocycles. The Hall–Kier alpha value is -2.60. The number of aromatic nitrogens is 3. The molecular weight excluding hydrogens is 304 g/mol. The molecule has 0 unspecified atom stereocenters. The lowest BCUT2D eigenvalue weighted by Gasteiger charge is -2.14. The van der Waals surface area contributed by atoms with Gasteiger partial charge >= 0.3 is 0 Å². The van der Waals surface area contributed by atoms with Crippen molar-refractivity contribution in [1.29, 1.82) is 0 Å². The summed E-state index contributed by atoms with van der Waals surface area (Å²) in [5.41, 5.74) is 1.97. The van der Waals surface area contributed by atoms with Gasteiger partial charge in [0.05, 0.1) is 19.8 Å². The van der Waals surface area contributed by atoms with Gasteiger partial charge in [0.1, 0.15) is 0 Å². The lowest BCUT2D eigenvalue weighted by molar-refractivity contribution is 0.310. The van der Waals surface area contributed by atoms with Crippen LogP contribution in [-0.4, -0.2) is 28.3 Å². The van der Waals surface area contributed by atoms with Gasteiger partial charge in [0.15, 0.2) is 23.0 Å². The number of pyridine rings is 1. The van der Waals surface area contributed by atoms with Crippen molar-refractivity contribution < 1.29 is 9.47 Å². The van der Waals surface area contributed by atoms with E-state index in [1.165, 1.54) is 0 Å². The molecule has 24 heavy (non-hydrogen) atoms. The molecule has 0 fully saturated rings. The van der Waals surface area contributed by atoms with Gasteiger partial charge in [-0.2, -0.15) is 0 Å². The summed E-state index contributed by atoms with van der Waals surface area (Å²) in [6.07, 6.45) is 1.97. The van der Waals surface area contributed by atoms with E-state index in [-0.39, 0.29) is 6.04 Å². The minimum Gasteiger partial charge on any atom is -0.493 e. The van der Waals surface area contributed by atoms with E-state index in [1.54, 1.807) is 7.11 Å². The van der Waals surface area contributed by atoms with E-state index in [9.17, 15) is 0 Å². The first-order valence-corrected chi connectivity index (χ1v) is 8.05. The molecule has 0 bridgehead atoms. The molecule has 6 heteroatoms. The molecule has 0 saturated heterocycles. The molecule has 3 aromatic rings. The van der Waals surface area contributed by atoms with Gasteiger partial charge in [-0.1, -0.05) is 12.1 Å². The SMILES string of the molecule is CCOc1ccc(CN[C@H](C)c2nnc3ccccn23)cc1OC. The summed E-state index contributed by atoms with van der Waals surface area (Å²) in [4.78, 5) is 0. The Bertz CT molecular complexity index is 816. The van der Waals surface area contributed by atoms with E-state index in [0.29, 0.717) is 13.2 Å². The second kappa shape index (κ2) is 7.31. The average molecular weight is 326 g/mol. The lowest BCUT2D eigenvalue weighted by atomic mass is 10.2. The highest BCUT2D eigenvalue weighted by Crippen LogP contribution is 2.28. The van der Waals surface area contributed by atoms with Gasteiger partial charge in [0, 0.05) is 12.7 Å². The Morgan fingerprint density at radius 1 is 1.17 bits per heavy atom. The number of nitrogens with zero attached hydrogens (tertiary/aromatic N) is 3. The molecule has 1 atom stereocenters. The average Bonchev–Trinajstić information content (AvgIpc) is 3.05. The number of hydrogen-bond acceptors (Lipinski definition) is 5. The summed E-state index contributed by atoms with van der Waals surface area (Å²) in [5, 5.41) is 12.0. The predicted molar refractivity (Wildman–Crippen MR) is 92.4 cm³/mol. The fourth-order valence-corrected chi connectivity index (χ4v) is 2.61. The maximum Gasteiger partial charge on any atom is 0.161 e. The minimum atomic E-state index is 0.0694. The van der Waals surface area contributed by atoms with Crippen molar-refractivity contribution in [2.24, 2.45) is 0 Å². The summed E-state index contributed by atoms with van der Waals surface area (Å²) in [6.45, 7) is 5.35.